The van der Waals surface area contributed by atoms with Gasteiger partial charge in [0.05, 0.1) is 17.1 Å². The van der Waals surface area contributed by atoms with Crippen LogP contribution in [0.5, 0.6) is 0 Å². The van der Waals surface area contributed by atoms with Gasteiger partial charge in [0.2, 0.25) is 15.9 Å². The highest BCUT2D eigenvalue weighted by Gasteiger charge is 2.30. The number of hydrogen-bond donors (Lipinski definition) is 1. The normalized spacial score (nSPS) is 11.6. The SMILES string of the molecule is Cc1cc(C)c(S(=O)(=O)N(CC(=O)Nc2cc(F)ccc2F)Cc2ccc(Cl)cc2)c(C)c1. The van der Waals surface area contributed by atoms with Crippen LogP contribution in [0, 0.1) is 32.4 Å². The average molecular weight is 493 g/mol. The van der Waals surface area contributed by atoms with Crippen LogP contribution >= 0.6 is 11.6 Å². The summed E-state index contributed by atoms with van der Waals surface area (Å²) in [5.74, 6) is -2.37. The number of sulfonamides is 1. The minimum Gasteiger partial charge on any atom is -0.322 e. The zero-order valence-corrected chi connectivity index (χ0v) is 19.9. The monoisotopic (exact) mass is 492 g/mol. The first-order valence-corrected chi connectivity index (χ1v) is 11.9. The molecule has 0 fully saturated rings. The van der Waals surface area contributed by atoms with Crippen molar-refractivity contribution in [3.05, 3.63) is 93.5 Å². The highest BCUT2D eigenvalue weighted by atomic mass is 35.5. The first-order valence-electron chi connectivity index (χ1n) is 10.0. The van der Waals surface area contributed by atoms with Crippen LogP contribution in [0.15, 0.2) is 59.5 Å². The number of halogens is 3. The molecule has 0 unspecified atom stereocenters. The first kappa shape index (κ1) is 24.8. The first-order chi connectivity index (χ1) is 15.5. The molecule has 9 heteroatoms. The Hall–Kier alpha value is -2.81. The Balaban J connectivity index is 1.98. The zero-order chi connectivity index (χ0) is 24.3. The van der Waals surface area contributed by atoms with E-state index in [9.17, 15) is 22.0 Å². The number of anilines is 1. The molecular weight excluding hydrogens is 470 g/mol. The van der Waals surface area contributed by atoms with Crippen molar-refractivity contribution in [1.29, 1.82) is 0 Å². The van der Waals surface area contributed by atoms with Gasteiger partial charge < -0.3 is 5.32 Å². The third-order valence-corrected chi connectivity index (χ3v) is 7.35. The molecule has 0 aliphatic rings. The highest BCUT2D eigenvalue weighted by Crippen LogP contribution is 2.27. The molecule has 5 nitrogen and oxygen atoms in total. The van der Waals surface area contributed by atoms with Gasteiger partial charge in [-0.05, 0) is 61.7 Å². The number of carbonyl (C=O) groups excluding carboxylic acids is 1. The molecule has 1 N–H and O–H groups in total. The minimum absolute atomic E-state index is 0.104. The van der Waals surface area contributed by atoms with E-state index in [2.05, 4.69) is 5.32 Å². The number of hydrogen-bond acceptors (Lipinski definition) is 3. The van der Waals surface area contributed by atoms with Crippen molar-refractivity contribution in [3.8, 4) is 0 Å². The van der Waals surface area contributed by atoms with Gasteiger partial charge in [0.25, 0.3) is 0 Å². The second-order valence-corrected chi connectivity index (χ2v) is 10.1. The van der Waals surface area contributed by atoms with Gasteiger partial charge >= 0.3 is 0 Å². The van der Waals surface area contributed by atoms with Crippen LogP contribution in [0.25, 0.3) is 0 Å². The minimum atomic E-state index is -4.12. The van der Waals surface area contributed by atoms with Gasteiger partial charge in [-0.1, -0.05) is 41.4 Å². The molecule has 0 aliphatic heterocycles. The summed E-state index contributed by atoms with van der Waals surface area (Å²) in [6.07, 6.45) is 0. The molecule has 0 bridgehead atoms. The second kappa shape index (κ2) is 9.99. The van der Waals surface area contributed by atoms with E-state index in [0.29, 0.717) is 21.7 Å². The fourth-order valence-electron chi connectivity index (χ4n) is 3.67. The van der Waals surface area contributed by atoms with Crippen molar-refractivity contribution >= 4 is 33.2 Å². The Morgan fingerprint density at radius 1 is 0.970 bits per heavy atom. The van der Waals surface area contributed by atoms with Crippen LogP contribution in [-0.4, -0.2) is 25.2 Å². The van der Waals surface area contributed by atoms with Gasteiger partial charge in [0, 0.05) is 17.6 Å². The molecule has 3 rings (SSSR count). The molecule has 0 aromatic heterocycles. The number of benzene rings is 3. The quantitative estimate of drug-likeness (QED) is 0.482. The fraction of sp³-hybridized carbons (Fsp3) is 0.208. The van der Waals surface area contributed by atoms with E-state index in [4.69, 9.17) is 11.6 Å². The summed E-state index contributed by atoms with van der Waals surface area (Å²) in [6, 6.07) is 12.7. The molecule has 0 atom stereocenters. The molecule has 0 saturated carbocycles. The Labute approximate surface area is 197 Å². The van der Waals surface area contributed by atoms with Crippen LogP contribution in [0.3, 0.4) is 0 Å². The summed E-state index contributed by atoms with van der Waals surface area (Å²) in [4.78, 5) is 12.8. The summed E-state index contributed by atoms with van der Waals surface area (Å²) in [6.45, 7) is 4.52. The summed E-state index contributed by atoms with van der Waals surface area (Å²) < 4.78 is 55.8. The summed E-state index contributed by atoms with van der Waals surface area (Å²) in [5.41, 5.74) is 2.24. The number of nitrogens with one attached hydrogen (secondary N) is 1. The lowest BCUT2D eigenvalue weighted by atomic mass is 10.1. The topological polar surface area (TPSA) is 66.5 Å². The second-order valence-electron chi connectivity index (χ2n) is 7.80. The molecule has 0 aliphatic carbocycles. The van der Waals surface area contributed by atoms with Crippen molar-refractivity contribution in [2.45, 2.75) is 32.2 Å². The largest absolute Gasteiger partial charge is 0.322 e. The zero-order valence-electron chi connectivity index (χ0n) is 18.3. The molecule has 1 amide bonds. The Bertz CT molecular complexity index is 1270. The smallest absolute Gasteiger partial charge is 0.244 e. The number of amides is 1. The van der Waals surface area contributed by atoms with E-state index in [0.717, 1.165) is 28.1 Å². The lowest BCUT2D eigenvalue weighted by Gasteiger charge is -2.24. The average Bonchev–Trinajstić information content (AvgIpc) is 2.71. The lowest BCUT2D eigenvalue weighted by molar-refractivity contribution is -0.116. The number of rotatable bonds is 7. The molecule has 0 saturated heterocycles. The van der Waals surface area contributed by atoms with Crippen LogP contribution in [0.2, 0.25) is 5.02 Å². The number of carbonyl (C=O) groups is 1. The van der Waals surface area contributed by atoms with Crippen molar-refractivity contribution in [2.24, 2.45) is 0 Å². The van der Waals surface area contributed by atoms with Crippen LogP contribution in [0.1, 0.15) is 22.3 Å². The third-order valence-electron chi connectivity index (χ3n) is 5.00. The standard InChI is InChI=1S/C24H23ClF2N2O3S/c1-15-10-16(2)24(17(3)11-15)33(31,32)29(13-18-4-6-19(25)7-5-18)14-23(30)28-22-12-20(26)8-9-21(22)27/h4-12H,13-14H2,1-3H3,(H,28,30). The predicted molar refractivity (Wildman–Crippen MR) is 125 cm³/mol. The summed E-state index contributed by atoms with van der Waals surface area (Å²) in [5, 5.41) is 2.74. The van der Waals surface area contributed by atoms with Gasteiger partial charge in [0.1, 0.15) is 11.6 Å². The molecule has 0 radical (unpaired) electrons. The van der Waals surface area contributed by atoms with E-state index in [-0.39, 0.29) is 17.1 Å². The Morgan fingerprint density at radius 2 is 1.58 bits per heavy atom. The molecule has 0 heterocycles. The van der Waals surface area contributed by atoms with Gasteiger partial charge in [-0.15, -0.1) is 0 Å². The third kappa shape index (κ3) is 5.96. The van der Waals surface area contributed by atoms with Crippen LogP contribution < -0.4 is 5.32 Å². The number of nitrogens with zero attached hydrogens (tertiary/aromatic N) is 1. The van der Waals surface area contributed by atoms with E-state index >= 15 is 0 Å². The maximum atomic E-state index is 14.0. The molecule has 0 spiro atoms. The lowest BCUT2D eigenvalue weighted by Crippen LogP contribution is -2.38. The van der Waals surface area contributed by atoms with Crippen molar-refractivity contribution in [3.63, 3.8) is 0 Å². The van der Waals surface area contributed by atoms with E-state index in [1.807, 2.05) is 6.92 Å². The summed E-state index contributed by atoms with van der Waals surface area (Å²) >= 11 is 5.93. The maximum Gasteiger partial charge on any atom is 0.244 e. The fourth-order valence-corrected chi connectivity index (χ4v) is 5.59. The molecule has 174 valence electrons. The van der Waals surface area contributed by atoms with Crippen LogP contribution in [-0.2, 0) is 21.4 Å². The van der Waals surface area contributed by atoms with E-state index < -0.39 is 34.1 Å². The predicted octanol–water partition coefficient (Wildman–Crippen LogP) is 5.37. The van der Waals surface area contributed by atoms with Gasteiger partial charge in [-0.3, -0.25) is 4.79 Å². The Kier molecular flexibility index (Phi) is 7.51. The maximum absolute atomic E-state index is 14.0. The van der Waals surface area contributed by atoms with Crippen molar-refractivity contribution in [1.82, 2.24) is 4.31 Å². The molecule has 33 heavy (non-hydrogen) atoms. The molecule has 3 aromatic rings. The van der Waals surface area contributed by atoms with Gasteiger partial charge in [-0.25, -0.2) is 17.2 Å². The highest BCUT2D eigenvalue weighted by molar-refractivity contribution is 7.89. The summed E-state index contributed by atoms with van der Waals surface area (Å²) in [7, 11) is -4.12. The van der Waals surface area contributed by atoms with Gasteiger partial charge in [-0.2, -0.15) is 4.31 Å². The van der Waals surface area contributed by atoms with E-state index in [1.54, 1.807) is 50.2 Å². The molecule has 3 aromatic carbocycles. The molecular formula is C24H23ClF2N2O3S. The van der Waals surface area contributed by atoms with E-state index in [1.165, 1.54) is 0 Å². The van der Waals surface area contributed by atoms with Crippen molar-refractivity contribution < 1.29 is 22.0 Å². The van der Waals surface area contributed by atoms with Gasteiger partial charge in [0.15, 0.2) is 0 Å². The van der Waals surface area contributed by atoms with Crippen LogP contribution in [0.4, 0.5) is 14.5 Å². The Morgan fingerprint density at radius 3 is 2.18 bits per heavy atom. The van der Waals surface area contributed by atoms with Crippen molar-refractivity contribution in [2.75, 3.05) is 11.9 Å². The number of aryl methyl sites for hydroxylation is 3.